The zero-order chi connectivity index (χ0) is 17.2. The van der Waals surface area contributed by atoms with Crippen molar-refractivity contribution in [3.05, 3.63) is 22.0 Å². The molecule has 0 radical (unpaired) electrons. The van der Waals surface area contributed by atoms with Gasteiger partial charge in [0.05, 0.1) is 4.92 Å². The molecule has 0 aliphatic carbocycles. The molecule has 1 fully saturated rings. The Morgan fingerprint density at radius 3 is 2.57 bits per heavy atom. The van der Waals surface area contributed by atoms with E-state index in [1.165, 1.54) is 6.20 Å². The van der Waals surface area contributed by atoms with Crippen LogP contribution in [0.5, 0.6) is 0 Å². The number of amides is 1. The Hall–Kier alpha value is -2.12. The van der Waals surface area contributed by atoms with Gasteiger partial charge in [0.15, 0.2) is 0 Å². The fourth-order valence-corrected chi connectivity index (χ4v) is 2.76. The lowest BCUT2D eigenvalue weighted by molar-refractivity contribution is -0.385. The molecule has 1 aromatic rings. The molecule has 0 atom stereocenters. The summed E-state index contributed by atoms with van der Waals surface area (Å²) in [6, 6.07) is 0. The van der Waals surface area contributed by atoms with Gasteiger partial charge in [-0.1, -0.05) is 0 Å². The zero-order valence-corrected chi connectivity index (χ0v) is 14.1. The minimum Gasteiger partial charge on any atom is -0.444 e. The van der Waals surface area contributed by atoms with Gasteiger partial charge < -0.3 is 9.64 Å². The fraction of sp³-hybridized carbons (Fsp3) is 0.733. The minimum atomic E-state index is -0.497. The van der Waals surface area contributed by atoms with Gasteiger partial charge in [0.1, 0.15) is 17.5 Å². The molecule has 1 aliphatic heterocycles. The molecule has 0 spiro atoms. The van der Waals surface area contributed by atoms with E-state index in [1.54, 1.807) is 16.6 Å². The largest absolute Gasteiger partial charge is 0.444 e. The van der Waals surface area contributed by atoms with E-state index in [0.29, 0.717) is 31.1 Å². The first-order valence-corrected chi connectivity index (χ1v) is 7.80. The molecule has 128 valence electrons. The molecule has 23 heavy (non-hydrogen) atoms. The number of nitro groups is 1. The Labute approximate surface area is 135 Å². The van der Waals surface area contributed by atoms with Crippen LogP contribution in [0.15, 0.2) is 6.20 Å². The Kier molecular flexibility index (Phi) is 4.91. The third-order valence-corrected chi connectivity index (χ3v) is 3.98. The van der Waals surface area contributed by atoms with Gasteiger partial charge in [-0.3, -0.25) is 14.8 Å². The van der Waals surface area contributed by atoms with Gasteiger partial charge >= 0.3 is 11.8 Å². The molecule has 1 saturated heterocycles. The first-order valence-electron chi connectivity index (χ1n) is 7.80. The van der Waals surface area contributed by atoms with Gasteiger partial charge in [-0.05, 0) is 46.0 Å². The quantitative estimate of drug-likeness (QED) is 0.629. The topological polar surface area (TPSA) is 90.5 Å². The lowest BCUT2D eigenvalue weighted by atomic mass is 9.92. The molecule has 2 rings (SSSR count). The number of nitrogens with zero attached hydrogens (tertiary/aromatic N) is 4. The van der Waals surface area contributed by atoms with Crippen molar-refractivity contribution < 1.29 is 14.5 Å². The van der Waals surface area contributed by atoms with E-state index >= 15 is 0 Å². The van der Waals surface area contributed by atoms with E-state index in [-0.39, 0.29) is 11.8 Å². The molecular formula is C15H24N4O4. The van der Waals surface area contributed by atoms with E-state index < -0.39 is 10.5 Å². The summed E-state index contributed by atoms with van der Waals surface area (Å²) in [4.78, 5) is 24.4. The number of carbonyl (C=O) groups excluding carboxylic acids is 1. The second-order valence-corrected chi connectivity index (χ2v) is 6.97. The number of likely N-dealkylation sites (tertiary alicyclic amines) is 1. The van der Waals surface area contributed by atoms with Gasteiger partial charge in [-0.25, -0.2) is 4.79 Å². The van der Waals surface area contributed by atoms with Crippen molar-refractivity contribution in [1.82, 2.24) is 14.7 Å². The van der Waals surface area contributed by atoms with Gasteiger partial charge in [0.2, 0.25) is 0 Å². The van der Waals surface area contributed by atoms with Crippen LogP contribution in [0.4, 0.5) is 10.5 Å². The zero-order valence-electron chi connectivity index (χ0n) is 14.1. The summed E-state index contributed by atoms with van der Waals surface area (Å²) in [6.45, 7) is 6.77. The Bertz CT molecular complexity index is 583. The summed E-state index contributed by atoms with van der Waals surface area (Å²) in [6.07, 6.45) is 3.23. The highest BCUT2D eigenvalue weighted by atomic mass is 16.6. The van der Waals surface area contributed by atoms with E-state index in [0.717, 1.165) is 12.8 Å². The monoisotopic (exact) mass is 324 g/mol. The van der Waals surface area contributed by atoms with Gasteiger partial charge in [-0.15, -0.1) is 0 Å². The van der Waals surface area contributed by atoms with Crippen molar-refractivity contribution in [3.63, 3.8) is 0 Å². The minimum absolute atomic E-state index is 0.0714. The molecule has 1 amide bonds. The number of carbonyl (C=O) groups is 1. The molecular weight excluding hydrogens is 300 g/mol. The smallest absolute Gasteiger partial charge is 0.410 e. The maximum Gasteiger partial charge on any atom is 0.410 e. The second kappa shape index (κ2) is 6.55. The van der Waals surface area contributed by atoms with Crippen molar-refractivity contribution >= 4 is 11.8 Å². The number of piperidine rings is 1. The average Bonchev–Trinajstić information content (AvgIpc) is 2.79. The van der Waals surface area contributed by atoms with Gasteiger partial charge in [0.25, 0.3) is 0 Å². The number of hydrogen-bond donors (Lipinski definition) is 0. The summed E-state index contributed by atoms with van der Waals surface area (Å²) in [5.41, 5.74) is 0.219. The van der Waals surface area contributed by atoms with Crippen LogP contribution in [-0.4, -0.2) is 44.4 Å². The number of aryl methyl sites for hydroxylation is 1. The third kappa shape index (κ3) is 4.43. The summed E-state index contributed by atoms with van der Waals surface area (Å²) in [5.74, 6) is 0.308. The van der Waals surface area contributed by atoms with Crippen molar-refractivity contribution in [2.45, 2.75) is 45.6 Å². The van der Waals surface area contributed by atoms with Gasteiger partial charge in [-0.2, -0.15) is 5.10 Å². The molecule has 8 heteroatoms. The van der Waals surface area contributed by atoms with Crippen molar-refractivity contribution in [2.24, 2.45) is 13.0 Å². The normalized spacial score (nSPS) is 16.4. The molecule has 0 unspecified atom stereocenters. The second-order valence-electron chi connectivity index (χ2n) is 6.97. The van der Waals surface area contributed by atoms with E-state index in [2.05, 4.69) is 5.10 Å². The van der Waals surface area contributed by atoms with Crippen LogP contribution in [0.1, 0.15) is 39.3 Å². The molecule has 1 aromatic heterocycles. The lowest BCUT2D eigenvalue weighted by Crippen LogP contribution is -2.42. The first-order chi connectivity index (χ1) is 10.7. The summed E-state index contributed by atoms with van der Waals surface area (Å²) in [5, 5.41) is 15.0. The van der Waals surface area contributed by atoms with E-state index in [9.17, 15) is 14.9 Å². The van der Waals surface area contributed by atoms with Crippen LogP contribution in [0.3, 0.4) is 0 Å². The Morgan fingerprint density at radius 2 is 2.04 bits per heavy atom. The van der Waals surface area contributed by atoms with Crippen molar-refractivity contribution in [3.8, 4) is 0 Å². The highest BCUT2D eigenvalue weighted by Crippen LogP contribution is 2.27. The molecule has 1 aliphatic rings. The number of rotatable bonds is 3. The van der Waals surface area contributed by atoms with Crippen LogP contribution in [0.25, 0.3) is 0 Å². The van der Waals surface area contributed by atoms with Crippen molar-refractivity contribution in [1.29, 1.82) is 0 Å². The van der Waals surface area contributed by atoms with Gasteiger partial charge in [0, 0.05) is 20.1 Å². The standard InChI is InChI=1S/C15H24N4O4/c1-15(2,3)23-14(20)18-7-5-11(6-8-18)9-12-13(19(21)22)10-16-17(12)4/h10-11H,5-9H2,1-4H3. The van der Waals surface area contributed by atoms with Crippen LogP contribution >= 0.6 is 0 Å². The van der Waals surface area contributed by atoms with Crippen LogP contribution in [0.2, 0.25) is 0 Å². The fourth-order valence-electron chi connectivity index (χ4n) is 2.76. The number of hydrogen-bond acceptors (Lipinski definition) is 5. The lowest BCUT2D eigenvalue weighted by Gasteiger charge is -2.33. The van der Waals surface area contributed by atoms with Crippen LogP contribution < -0.4 is 0 Å². The SMILES string of the molecule is Cn1ncc([N+](=O)[O-])c1CC1CCN(C(=O)OC(C)(C)C)CC1. The predicted octanol–water partition coefficient (Wildman–Crippen LogP) is 2.52. The van der Waals surface area contributed by atoms with Crippen molar-refractivity contribution in [2.75, 3.05) is 13.1 Å². The molecule has 2 heterocycles. The number of ether oxygens (including phenoxy) is 1. The predicted molar refractivity (Wildman–Crippen MR) is 84.1 cm³/mol. The highest BCUT2D eigenvalue weighted by molar-refractivity contribution is 5.68. The molecule has 8 nitrogen and oxygen atoms in total. The number of aromatic nitrogens is 2. The van der Waals surface area contributed by atoms with Crippen LogP contribution in [-0.2, 0) is 18.2 Å². The first kappa shape index (κ1) is 17.2. The maximum absolute atomic E-state index is 12.0. The van der Waals surface area contributed by atoms with Crippen LogP contribution in [0, 0.1) is 16.0 Å². The molecule has 0 saturated carbocycles. The Balaban J connectivity index is 1.92. The van der Waals surface area contributed by atoms with E-state index in [4.69, 9.17) is 4.74 Å². The average molecular weight is 324 g/mol. The van der Waals surface area contributed by atoms with E-state index in [1.807, 2.05) is 20.8 Å². The molecule has 0 N–H and O–H groups in total. The summed E-state index contributed by atoms with van der Waals surface area (Å²) in [7, 11) is 1.72. The molecule has 0 aromatic carbocycles. The summed E-state index contributed by atoms with van der Waals surface area (Å²) < 4.78 is 6.94. The maximum atomic E-state index is 12.0. The third-order valence-electron chi connectivity index (χ3n) is 3.98. The summed E-state index contributed by atoms with van der Waals surface area (Å²) >= 11 is 0. The highest BCUT2D eigenvalue weighted by Gasteiger charge is 2.29. The molecule has 0 bridgehead atoms. The Morgan fingerprint density at radius 1 is 1.43 bits per heavy atom.